The van der Waals surface area contributed by atoms with Crippen molar-refractivity contribution in [1.82, 2.24) is 16.0 Å². The maximum atomic E-state index is 11.8. The van der Waals surface area contributed by atoms with Crippen LogP contribution in [0.2, 0.25) is 0 Å². The minimum absolute atomic E-state index is 0.0753. The maximum absolute atomic E-state index is 11.8. The normalized spacial score (nSPS) is 11.1. The van der Waals surface area contributed by atoms with Gasteiger partial charge in [-0.25, -0.2) is 4.79 Å². The van der Waals surface area contributed by atoms with Crippen molar-refractivity contribution >= 4 is 37.9 Å². The van der Waals surface area contributed by atoms with Gasteiger partial charge in [-0.2, -0.15) is 11.8 Å². The SMILES string of the molecule is CCCCCCSCCC(=O)NCCCCCC(=O)NCCOC(=O)NCCCCCCO[P+](=O)O. The molecule has 10 nitrogen and oxygen atoms in total. The van der Waals surface area contributed by atoms with Crippen LogP contribution in [0.5, 0.6) is 0 Å². The predicted octanol–water partition coefficient (Wildman–Crippen LogP) is 4.44. The van der Waals surface area contributed by atoms with Gasteiger partial charge in [0.2, 0.25) is 11.8 Å². The van der Waals surface area contributed by atoms with Crippen molar-refractivity contribution in [3.63, 3.8) is 0 Å². The molecular weight excluding hydrogens is 505 g/mol. The summed E-state index contributed by atoms with van der Waals surface area (Å²) in [5.74, 6) is 2.03. The van der Waals surface area contributed by atoms with Gasteiger partial charge in [0.15, 0.2) is 0 Å². The molecule has 0 aliphatic rings. The lowest BCUT2D eigenvalue weighted by Crippen LogP contribution is -2.31. The third-order valence-electron chi connectivity index (χ3n) is 5.22. The molecule has 0 radical (unpaired) electrons. The van der Waals surface area contributed by atoms with Crippen molar-refractivity contribution in [3.05, 3.63) is 0 Å². The van der Waals surface area contributed by atoms with Crippen molar-refractivity contribution in [2.45, 2.75) is 90.4 Å². The van der Waals surface area contributed by atoms with Crippen molar-refractivity contribution < 1.29 is 33.1 Å². The summed E-state index contributed by atoms with van der Waals surface area (Å²) in [6.45, 7) is 3.96. The van der Waals surface area contributed by atoms with Gasteiger partial charge in [0.25, 0.3) is 0 Å². The summed E-state index contributed by atoms with van der Waals surface area (Å²) in [4.78, 5) is 43.7. The van der Waals surface area contributed by atoms with E-state index in [9.17, 15) is 18.9 Å². The predicted molar refractivity (Wildman–Crippen MR) is 144 cm³/mol. The highest BCUT2D eigenvalue weighted by molar-refractivity contribution is 7.99. The van der Waals surface area contributed by atoms with Crippen molar-refractivity contribution in [3.8, 4) is 0 Å². The standard InChI is InChI=1S/C24H46N3O7PS/c1-2-3-4-12-20-36-21-14-23(29)25-15-10-7-8-13-22(28)26-17-19-33-24(30)27-16-9-5-6-11-18-34-35(31)32/h2-21H2,1H3,(H3-,25,26,27,28,29,30,31,32)/p+1. The number of nitrogens with one attached hydrogen (secondary N) is 3. The molecule has 0 saturated carbocycles. The Morgan fingerprint density at radius 2 is 1.36 bits per heavy atom. The van der Waals surface area contributed by atoms with Gasteiger partial charge in [-0.3, -0.25) is 9.59 Å². The van der Waals surface area contributed by atoms with Gasteiger partial charge < -0.3 is 20.7 Å². The first-order valence-electron chi connectivity index (χ1n) is 13.3. The Bertz CT molecular complexity index is 600. The van der Waals surface area contributed by atoms with Gasteiger partial charge >= 0.3 is 14.3 Å². The average Bonchev–Trinajstić information content (AvgIpc) is 2.84. The maximum Gasteiger partial charge on any atom is 0.694 e. The number of carbonyl (C=O) groups excluding carboxylic acids is 3. The molecule has 0 aromatic rings. The van der Waals surface area contributed by atoms with Crippen LogP contribution in [0, 0.1) is 0 Å². The van der Waals surface area contributed by atoms with E-state index in [0.717, 1.165) is 50.0 Å². The van der Waals surface area contributed by atoms with Crippen molar-refractivity contribution in [2.75, 3.05) is 44.4 Å². The first kappa shape index (κ1) is 34.6. The first-order valence-corrected chi connectivity index (χ1v) is 15.5. The molecule has 0 rings (SSSR count). The zero-order valence-electron chi connectivity index (χ0n) is 21.9. The highest BCUT2D eigenvalue weighted by Crippen LogP contribution is 2.15. The fourth-order valence-corrected chi connectivity index (χ4v) is 4.42. The number of ether oxygens (including phenoxy) is 1. The monoisotopic (exact) mass is 552 g/mol. The van der Waals surface area contributed by atoms with E-state index in [1.165, 1.54) is 25.7 Å². The van der Waals surface area contributed by atoms with Gasteiger partial charge in [-0.1, -0.05) is 45.4 Å². The molecule has 0 aromatic carbocycles. The molecule has 0 aromatic heterocycles. The van der Waals surface area contributed by atoms with E-state index >= 15 is 0 Å². The van der Waals surface area contributed by atoms with Crippen LogP contribution in [0.3, 0.4) is 0 Å². The Morgan fingerprint density at radius 3 is 2.11 bits per heavy atom. The van der Waals surface area contributed by atoms with Crippen LogP contribution in [-0.4, -0.2) is 67.2 Å². The lowest BCUT2D eigenvalue weighted by atomic mass is 10.2. The fourth-order valence-electron chi connectivity index (χ4n) is 3.19. The van der Waals surface area contributed by atoms with Crippen LogP contribution >= 0.6 is 20.0 Å². The quantitative estimate of drug-likeness (QED) is 0.0962. The molecule has 4 N–H and O–H groups in total. The number of thioether (sulfide) groups is 1. The van der Waals surface area contributed by atoms with Crippen LogP contribution < -0.4 is 16.0 Å². The van der Waals surface area contributed by atoms with Crippen LogP contribution in [0.25, 0.3) is 0 Å². The van der Waals surface area contributed by atoms with E-state index in [4.69, 9.17) is 9.63 Å². The van der Waals surface area contributed by atoms with E-state index in [1.807, 2.05) is 11.8 Å². The molecule has 0 fully saturated rings. The highest BCUT2D eigenvalue weighted by Gasteiger charge is 2.10. The minimum Gasteiger partial charge on any atom is -0.448 e. The summed E-state index contributed by atoms with van der Waals surface area (Å²) in [5, 5.41) is 8.31. The van der Waals surface area contributed by atoms with Crippen LogP contribution in [0.1, 0.15) is 90.4 Å². The van der Waals surface area contributed by atoms with Gasteiger partial charge in [0.1, 0.15) is 13.2 Å². The molecule has 0 spiro atoms. The molecule has 1 unspecified atom stereocenters. The third-order valence-corrected chi connectivity index (χ3v) is 6.69. The minimum atomic E-state index is -2.52. The molecular formula is C24H47N3O7PS+. The van der Waals surface area contributed by atoms with Crippen molar-refractivity contribution in [2.24, 2.45) is 0 Å². The first-order chi connectivity index (χ1) is 17.5. The summed E-state index contributed by atoms with van der Waals surface area (Å²) < 4.78 is 19.9. The molecule has 0 aliphatic heterocycles. The van der Waals surface area contributed by atoms with E-state index in [-0.39, 0.29) is 31.6 Å². The van der Waals surface area contributed by atoms with Gasteiger partial charge in [0.05, 0.1) is 6.54 Å². The van der Waals surface area contributed by atoms with Gasteiger partial charge in [-0.05, 0) is 37.9 Å². The molecule has 0 heterocycles. The van der Waals surface area contributed by atoms with E-state index in [0.29, 0.717) is 32.4 Å². The Morgan fingerprint density at radius 1 is 0.722 bits per heavy atom. The third kappa shape index (κ3) is 27.2. The number of hydrogen-bond acceptors (Lipinski definition) is 7. The molecule has 0 saturated heterocycles. The zero-order chi connectivity index (χ0) is 26.7. The molecule has 12 heteroatoms. The summed E-state index contributed by atoms with van der Waals surface area (Å²) in [6, 6.07) is 0. The second-order valence-electron chi connectivity index (χ2n) is 8.48. The Kier molecular flexibility index (Phi) is 25.6. The Hall–Kier alpha value is -1.42. The van der Waals surface area contributed by atoms with Crippen molar-refractivity contribution in [1.29, 1.82) is 0 Å². The number of alkyl carbamates (subject to hydrolysis) is 1. The molecule has 1 atom stereocenters. The van der Waals surface area contributed by atoms with Gasteiger partial charge in [-0.15, -0.1) is 9.42 Å². The average molecular weight is 553 g/mol. The largest absolute Gasteiger partial charge is 0.694 e. The molecule has 0 bridgehead atoms. The summed E-state index contributed by atoms with van der Waals surface area (Å²) >= 11 is 1.85. The summed E-state index contributed by atoms with van der Waals surface area (Å²) in [7, 11) is -2.52. The van der Waals surface area contributed by atoms with Crippen LogP contribution in [0.4, 0.5) is 4.79 Å². The topological polar surface area (TPSA) is 143 Å². The Balaban J connectivity index is 3.40. The van der Waals surface area contributed by atoms with E-state index in [2.05, 4.69) is 27.4 Å². The summed E-state index contributed by atoms with van der Waals surface area (Å²) in [6.07, 6.45) is 11.2. The molecule has 3 amide bonds. The number of rotatable bonds is 25. The number of unbranched alkanes of at least 4 members (excludes halogenated alkanes) is 8. The number of carbonyl (C=O) groups is 3. The number of hydrogen-bond donors (Lipinski definition) is 4. The Labute approximate surface area is 221 Å². The lowest BCUT2D eigenvalue weighted by Gasteiger charge is -2.08. The van der Waals surface area contributed by atoms with E-state index in [1.54, 1.807) is 0 Å². The zero-order valence-corrected chi connectivity index (χ0v) is 23.6. The highest BCUT2D eigenvalue weighted by atomic mass is 32.2. The molecule has 210 valence electrons. The van der Waals surface area contributed by atoms with Crippen LogP contribution in [0.15, 0.2) is 0 Å². The smallest absolute Gasteiger partial charge is 0.448 e. The van der Waals surface area contributed by atoms with Gasteiger partial charge in [0, 0.05) is 36.2 Å². The second kappa shape index (κ2) is 26.6. The summed E-state index contributed by atoms with van der Waals surface area (Å²) in [5.41, 5.74) is 0. The number of amides is 3. The molecule has 0 aliphatic carbocycles. The lowest BCUT2D eigenvalue weighted by molar-refractivity contribution is -0.122. The second-order valence-corrected chi connectivity index (χ2v) is 10.4. The van der Waals surface area contributed by atoms with Crippen LogP contribution in [-0.2, 0) is 23.4 Å². The van der Waals surface area contributed by atoms with E-state index < -0.39 is 14.3 Å². The fraction of sp³-hybridized carbons (Fsp3) is 0.875. The molecule has 36 heavy (non-hydrogen) atoms.